The van der Waals surface area contributed by atoms with Crippen LogP contribution in [0.4, 0.5) is 0 Å². The van der Waals surface area contributed by atoms with Gasteiger partial charge in [0.05, 0.1) is 11.5 Å². The second kappa shape index (κ2) is 9.86. The first-order valence-electron chi connectivity index (χ1n) is 12.5. The standard InChI is InChI=1S/C29H34N2O3S/c1-21-7-5-9-25(17-21)23-11-13-24(14-12-23)29-27-19-30(15-3-4-16-31(27)28(29)20-32)35(33,34)26-10-6-8-22(2)18-26/h5-14,17-18,27-29,32H,3-4,15-16,19-20H2,1-2H3/t27-,28+,29+/m0/s1. The first-order chi connectivity index (χ1) is 16.9. The topological polar surface area (TPSA) is 60.9 Å². The summed E-state index contributed by atoms with van der Waals surface area (Å²) < 4.78 is 28.8. The molecule has 35 heavy (non-hydrogen) atoms. The zero-order valence-electron chi connectivity index (χ0n) is 20.5. The van der Waals surface area contributed by atoms with E-state index in [4.69, 9.17) is 0 Å². The summed E-state index contributed by atoms with van der Waals surface area (Å²) in [5.41, 5.74) is 5.68. The summed E-state index contributed by atoms with van der Waals surface area (Å²) in [6, 6.07) is 24.3. The molecule has 2 saturated heterocycles. The zero-order valence-corrected chi connectivity index (χ0v) is 21.3. The van der Waals surface area contributed by atoms with E-state index in [2.05, 4.69) is 60.4 Å². The fraction of sp³-hybridized carbons (Fsp3) is 0.379. The van der Waals surface area contributed by atoms with Gasteiger partial charge in [-0.2, -0.15) is 4.31 Å². The van der Waals surface area contributed by atoms with Crippen molar-refractivity contribution in [2.75, 3.05) is 26.2 Å². The molecule has 0 unspecified atom stereocenters. The SMILES string of the molecule is Cc1cccc(-c2ccc([C@H]3[C@@H](CO)N4CCCCN(S(=O)(=O)c5cccc(C)c5)C[C@@H]34)cc2)c1. The number of fused-ring (bicyclic) bond motifs is 1. The van der Waals surface area contributed by atoms with E-state index in [0.717, 1.165) is 36.1 Å². The second-order valence-corrected chi connectivity index (χ2v) is 11.9. The molecular weight excluding hydrogens is 456 g/mol. The quantitative estimate of drug-likeness (QED) is 0.569. The van der Waals surface area contributed by atoms with Crippen LogP contribution in [0.3, 0.4) is 0 Å². The predicted molar refractivity (Wildman–Crippen MR) is 140 cm³/mol. The largest absolute Gasteiger partial charge is 0.395 e. The molecule has 0 aromatic heterocycles. The molecule has 2 fully saturated rings. The van der Waals surface area contributed by atoms with E-state index in [9.17, 15) is 13.5 Å². The Kier molecular flexibility index (Phi) is 6.82. The summed E-state index contributed by atoms with van der Waals surface area (Å²) in [7, 11) is -3.58. The number of aliphatic hydroxyl groups excluding tert-OH is 1. The van der Waals surface area contributed by atoms with Crippen LogP contribution in [0.15, 0.2) is 77.7 Å². The van der Waals surface area contributed by atoms with E-state index in [-0.39, 0.29) is 24.6 Å². The summed E-state index contributed by atoms with van der Waals surface area (Å²) in [6.07, 6.45) is 1.74. The highest BCUT2D eigenvalue weighted by atomic mass is 32.2. The van der Waals surface area contributed by atoms with E-state index in [1.54, 1.807) is 16.4 Å². The third kappa shape index (κ3) is 4.68. The molecule has 0 amide bonds. The van der Waals surface area contributed by atoms with E-state index in [1.165, 1.54) is 11.1 Å². The fourth-order valence-corrected chi connectivity index (χ4v) is 7.38. The molecule has 3 aromatic rings. The highest BCUT2D eigenvalue weighted by molar-refractivity contribution is 7.89. The summed E-state index contributed by atoms with van der Waals surface area (Å²) in [5.74, 6) is 0.0971. The van der Waals surface area contributed by atoms with Crippen LogP contribution >= 0.6 is 0 Å². The van der Waals surface area contributed by atoms with Gasteiger partial charge in [0.1, 0.15) is 0 Å². The molecule has 2 aliphatic heterocycles. The minimum absolute atomic E-state index is 0.0199. The molecule has 0 bridgehead atoms. The van der Waals surface area contributed by atoms with Crippen molar-refractivity contribution in [2.24, 2.45) is 0 Å². The summed E-state index contributed by atoms with van der Waals surface area (Å²) in [5, 5.41) is 10.2. The minimum Gasteiger partial charge on any atom is -0.395 e. The maximum Gasteiger partial charge on any atom is 0.243 e. The van der Waals surface area contributed by atoms with Gasteiger partial charge in [-0.1, -0.05) is 66.2 Å². The lowest BCUT2D eigenvalue weighted by Crippen LogP contribution is -2.67. The number of rotatable bonds is 5. The van der Waals surface area contributed by atoms with Crippen molar-refractivity contribution in [3.63, 3.8) is 0 Å². The van der Waals surface area contributed by atoms with E-state index in [0.29, 0.717) is 18.0 Å². The average molecular weight is 491 g/mol. The molecule has 1 N–H and O–H groups in total. The molecule has 5 nitrogen and oxygen atoms in total. The number of hydrogen-bond acceptors (Lipinski definition) is 4. The first-order valence-corrected chi connectivity index (χ1v) is 13.9. The van der Waals surface area contributed by atoms with Crippen molar-refractivity contribution < 1.29 is 13.5 Å². The third-order valence-corrected chi connectivity index (χ3v) is 9.47. The summed E-state index contributed by atoms with van der Waals surface area (Å²) in [4.78, 5) is 2.68. The van der Waals surface area contributed by atoms with Crippen molar-refractivity contribution >= 4 is 10.0 Å². The molecule has 3 aromatic carbocycles. The Morgan fingerprint density at radius 3 is 2.23 bits per heavy atom. The molecule has 3 atom stereocenters. The Hall–Kier alpha value is -2.51. The predicted octanol–water partition coefficient (Wildman–Crippen LogP) is 4.58. The Morgan fingerprint density at radius 1 is 0.857 bits per heavy atom. The first kappa shape index (κ1) is 24.2. The van der Waals surface area contributed by atoms with Crippen molar-refractivity contribution in [3.05, 3.63) is 89.5 Å². The molecule has 0 aliphatic carbocycles. The molecule has 0 spiro atoms. The summed E-state index contributed by atoms with van der Waals surface area (Å²) >= 11 is 0. The third-order valence-electron chi connectivity index (χ3n) is 7.61. The second-order valence-electron chi connectivity index (χ2n) is 9.96. The van der Waals surface area contributed by atoms with Gasteiger partial charge in [0.15, 0.2) is 0 Å². The minimum atomic E-state index is -3.58. The Bertz CT molecular complexity index is 1290. The molecule has 6 heteroatoms. The number of sulfonamides is 1. The van der Waals surface area contributed by atoms with Gasteiger partial charge >= 0.3 is 0 Å². The van der Waals surface area contributed by atoms with E-state index < -0.39 is 10.0 Å². The highest BCUT2D eigenvalue weighted by Gasteiger charge is 2.50. The maximum absolute atomic E-state index is 13.6. The summed E-state index contributed by atoms with van der Waals surface area (Å²) in [6.45, 7) is 5.96. The fourth-order valence-electron chi connectivity index (χ4n) is 5.77. The number of aliphatic hydroxyl groups is 1. The molecule has 184 valence electrons. The van der Waals surface area contributed by atoms with Crippen LogP contribution in [-0.2, 0) is 10.0 Å². The van der Waals surface area contributed by atoms with Crippen molar-refractivity contribution in [2.45, 2.75) is 49.6 Å². The van der Waals surface area contributed by atoms with Crippen molar-refractivity contribution in [1.29, 1.82) is 0 Å². The Morgan fingerprint density at radius 2 is 1.54 bits per heavy atom. The average Bonchev–Trinajstić information content (AvgIpc) is 2.83. The van der Waals surface area contributed by atoms with Gasteiger partial charge in [-0.25, -0.2) is 8.42 Å². The molecule has 5 rings (SSSR count). The Labute approximate surface area is 209 Å². The zero-order chi connectivity index (χ0) is 24.6. The van der Waals surface area contributed by atoms with Gasteiger partial charge in [0, 0.05) is 31.1 Å². The van der Waals surface area contributed by atoms with Gasteiger partial charge in [0.2, 0.25) is 10.0 Å². The normalized spacial score (nSPS) is 23.7. The van der Waals surface area contributed by atoms with Crippen molar-refractivity contribution in [3.8, 4) is 11.1 Å². The van der Waals surface area contributed by atoms with Crippen LogP contribution < -0.4 is 0 Å². The number of hydrogen-bond donors (Lipinski definition) is 1. The number of nitrogens with zero attached hydrogens (tertiary/aromatic N) is 2. The molecule has 0 saturated carbocycles. The lowest BCUT2D eigenvalue weighted by atomic mass is 9.74. The van der Waals surface area contributed by atoms with E-state index in [1.807, 2.05) is 19.1 Å². The van der Waals surface area contributed by atoms with Gasteiger partial charge < -0.3 is 5.11 Å². The maximum atomic E-state index is 13.6. The number of aryl methyl sites for hydroxylation is 2. The number of benzene rings is 3. The van der Waals surface area contributed by atoms with Crippen LogP contribution in [0.25, 0.3) is 11.1 Å². The van der Waals surface area contributed by atoms with Crippen LogP contribution in [0.2, 0.25) is 0 Å². The van der Waals surface area contributed by atoms with Crippen LogP contribution in [0, 0.1) is 13.8 Å². The van der Waals surface area contributed by atoms with Gasteiger partial charge in [0.25, 0.3) is 0 Å². The Balaban J connectivity index is 1.43. The lowest BCUT2D eigenvalue weighted by molar-refractivity contribution is -0.0553. The van der Waals surface area contributed by atoms with Crippen LogP contribution in [-0.4, -0.2) is 61.1 Å². The van der Waals surface area contributed by atoms with Gasteiger partial charge in [-0.3, -0.25) is 4.90 Å². The van der Waals surface area contributed by atoms with E-state index >= 15 is 0 Å². The van der Waals surface area contributed by atoms with Crippen LogP contribution in [0.5, 0.6) is 0 Å². The van der Waals surface area contributed by atoms with Crippen molar-refractivity contribution in [1.82, 2.24) is 9.21 Å². The monoisotopic (exact) mass is 490 g/mol. The molecule has 0 radical (unpaired) electrons. The smallest absolute Gasteiger partial charge is 0.243 e. The molecule has 2 heterocycles. The highest BCUT2D eigenvalue weighted by Crippen LogP contribution is 2.43. The molecule has 2 aliphatic rings. The van der Waals surface area contributed by atoms with Crippen LogP contribution in [0.1, 0.15) is 35.4 Å². The van der Waals surface area contributed by atoms with Gasteiger partial charge in [-0.15, -0.1) is 0 Å². The van der Waals surface area contributed by atoms with Gasteiger partial charge in [-0.05, 0) is 67.6 Å². The molecular formula is C29H34N2O3S. The lowest BCUT2D eigenvalue weighted by Gasteiger charge is -2.57.